The first-order valence-electron chi connectivity index (χ1n) is 10.3. The van der Waals surface area contributed by atoms with Crippen molar-refractivity contribution in [3.63, 3.8) is 0 Å². The summed E-state index contributed by atoms with van der Waals surface area (Å²) in [5.41, 5.74) is -1.96. The van der Waals surface area contributed by atoms with Crippen LogP contribution < -0.4 is 0 Å². The highest BCUT2D eigenvalue weighted by atomic mass is 19.4. The summed E-state index contributed by atoms with van der Waals surface area (Å²) in [5, 5.41) is 0. The minimum Gasteiger partial charge on any atom is -0.456 e. The van der Waals surface area contributed by atoms with Gasteiger partial charge in [-0.15, -0.1) is 0 Å². The van der Waals surface area contributed by atoms with Crippen molar-refractivity contribution in [3.05, 3.63) is 24.3 Å². The zero-order chi connectivity index (χ0) is 36.1. The van der Waals surface area contributed by atoms with Gasteiger partial charge in [0.1, 0.15) is 0 Å². The van der Waals surface area contributed by atoms with Crippen LogP contribution in [0.4, 0.5) is 87.8 Å². The van der Waals surface area contributed by atoms with Gasteiger partial charge in [0.05, 0.1) is 0 Å². The fourth-order valence-corrected chi connectivity index (χ4v) is 2.38. The highest BCUT2D eigenvalue weighted by Crippen LogP contribution is 2.66. The number of esters is 2. The predicted octanol–water partition coefficient (Wildman–Crippen LogP) is 7.58. The van der Waals surface area contributed by atoms with Crippen LogP contribution in [-0.4, -0.2) is 84.4 Å². The number of rotatable bonds is 15. The molecule has 0 fully saturated rings. The fraction of sp³-hybridized carbons (Fsp3) is 0.700. The molecule has 0 aromatic rings. The standard InChI is InChI=1S/C20H14F20O4/c1-7(2)9(41)43-5-11(21,22)13(25,26)15(29,30)17(33,34)19(37,38)20(39,40)18(35,36)16(31,32)14(27,28)12(23,24)6-44-10(42)8(3)4/h1,3,5-6H2,2,4H3. The number of alkyl halides is 20. The Bertz CT molecular complexity index is 1050. The first-order valence-corrected chi connectivity index (χ1v) is 10.3. The number of hydrogen-bond acceptors (Lipinski definition) is 4. The molecule has 0 aliphatic carbocycles. The topological polar surface area (TPSA) is 52.6 Å². The molecule has 0 rings (SSSR count). The number of carbonyl (C=O) groups excluding carboxylic acids is 2. The van der Waals surface area contributed by atoms with Crippen LogP contribution in [-0.2, 0) is 19.1 Å². The van der Waals surface area contributed by atoms with Crippen LogP contribution >= 0.6 is 0 Å². The summed E-state index contributed by atoms with van der Waals surface area (Å²) in [4.78, 5) is 21.9. The van der Waals surface area contributed by atoms with Crippen molar-refractivity contribution in [1.82, 2.24) is 0 Å². The maximum absolute atomic E-state index is 13.9. The molecule has 0 radical (unpaired) electrons. The normalized spacial score (nSPS) is 15.1. The molecule has 0 spiro atoms. The van der Waals surface area contributed by atoms with Crippen molar-refractivity contribution in [2.45, 2.75) is 73.1 Å². The molecule has 0 heterocycles. The zero-order valence-electron chi connectivity index (χ0n) is 21.0. The fourth-order valence-electron chi connectivity index (χ4n) is 2.38. The highest BCUT2D eigenvalue weighted by molar-refractivity contribution is 5.87. The van der Waals surface area contributed by atoms with Crippen molar-refractivity contribution in [1.29, 1.82) is 0 Å². The molecule has 0 saturated carbocycles. The lowest BCUT2D eigenvalue weighted by molar-refractivity contribution is -0.469. The van der Waals surface area contributed by atoms with E-state index in [2.05, 4.69) is 22.6 Å². The lowest BCUT2D eigenvalue weighted by Crippen LogP contribution is -2.77. The van der Waals surface area contributed by atoms with Crippen LogP contribution in [0.5, 0.6) is 0 Å². The second kappa shape index (κ2) is 11.4. The van der Waals surface area contributed by atoms with Gasteiger partial charge in [0, 0.05) is 11.1 Å². The van der Waals surface area contributed by atoms with E-state index < -0.39 is 95.5 Å². The van der Waals surface area contributed by atoms with E-state index in [4.69, 9.17) is 0 Å². The Balaban J connectivity index is 6.94. The van der Waals surface area contributed by atoms with Gasteiger partial charge >= 0.3 is 71.2 Å². The van der Waals surface area contributed by atoms with E-state index in [1.165, 1.54) is 0 Å². The molecule has 4 nitrogen and oxygen atoms in total. The second-order valence-corrected chi connectivity index (χ2v) is 8.72. The molecule has 0 bridgehead atoms. The van der Waals surface area contributed by atoms with Gasteiger partial charge < -0.3 is 9.47 Å². The first kappa shape index (κ1) is 41.0. The average Bonchev–Trinajstić information content (AvgIpc) is 2.84. The third-order valence-corrected chi connectivity index (χ3v) is 5.15. The number of carbonyl (C=O) groups is 2. The van der Waals surface area contributed by atoms with E-state index in [9.17, 15) is 97.4 Å². The molecule has 0 atom stereocenters. The molecule has 0 aliphatic heterocycles. The molecule has 0 N–H and O–H groups in total. The summed E-state index contributed by atoms with van der Waals surface area (Å²) in [6.07, 6.45) is 0. The van der Waals surface area contributed by atoms with Crippen molar-refractivity contribution in [3.8, 4) is 0 Å². The van der Waals surface area contributed by atoms with Crippen LogP contribution in [0.2, 0.25) is 0 Å². The Morgan fingerprint density at radius 3 is 0.727 bits per heavy atom. The summed E-state index contributed by atoms with van der Waals surface area (Å²) in [7, 11) is 0. The van der Waals surface area contributed by atoms with E-state index in [0.717, 1.165) is 0 Å². The number of ether oxygens (including phenoxy) is 2. The van der Waals surface area contributed by atoms with Crippen LogP contribution in [0, 0.1) is 0 Å². The molecule has 258 valence electrons. The number of hydrogen-bond donors (Lipinski definition) is 0. The second-order valence-electron chi connectivity index (χ2n) is 8.72. The summed E-state index contributed by atoms with van der Waals surface area (Å²) in [6, 6.07) is 0. The predicted molar refractivity (Wildman–Crippen MR) is 101 cm³/mol. The molecular weight excluding hydrogens is 684 g/mol. The minimum atomic E-state index is -9.21. The molecule has 0 amide bonds. The van der Waals surface area contributed by atoms with Crippen LogP contribution in [0.3, 0.4) is 0 Å². The van der Waals surface area contributed by atoms with Crippen molar-refractivity contribution < 1.29 is 107 Å². The Morgan fingerprint density at radius 2 is 0.568 bits per heavy atom. The Hall–Kier alpha value is -2.98. The third kappa shape index (κ3) is 5.87. The zero-order valence-corrected chi connectivity index (χ0v) is 21.0. The smallest absolute Gasteiger partial charge is 0.385 e. The third-order valence-electron chi connectivity index (χ3n) is 5.15. The van der Waals surface area contributed by atoms with E-state index in [-0.39, 0.29) is 0 Å². The summed E-state index contributed by atoms with van der Waals surface area (Å²) < 4.78 is 282. The van der Waals surface area contributed by atoms with Gasteiger partial charge in [0.15, 0.2) is 13.2 Å². The van der Waals surface area contributed by atoms with Crippen LogP contribution in [0.15, 0.2) is 24.3 Å². The number of halogens is 20. The SMILES string of the molecule is C=C(C)C(=O)OCC(F)(F)C(F)(F)C(F)(F)C(F)(F)C(F)(F)C(F)(F)C(F)(F)C(F)(F)C(F)(F)C(F)(F)COC(=O)C(=C)C. The van der Waals surface area contributed by atoms with Gasteiger partial charge in [-0.1, -0.05) is 13.2 Å². The van der Waals surface area contributed by atoms with E-state index in [1.807, 2.05) is 0 Å². The molecule has 0 saturated heterocycles. The van der Waals surface area contributed by atoms with Gasteiger partial charge in [0.25, 0.3) is 0 Å². The largest absolute Gasteiger partial charge is 0.456 e. The lowest BCUT2D eigenvalue weighted by atomic mass is 9.85. The van der Waals surface area contributed by atoms with Crippen molar-refractivity contribution in [2.75, 3.05) is 13.2 Å². The summed E-state index contributed by atoms with van der Waals surface area (Å²) in [5.74, 6) is -88.7. The van der Waals surface area contributed by atoms with Gasteiger partial charge in [-0.3, -0.25) is 0 Å². The molecule has 0 aromatic carbocycles. The molecule has 0 aliphatic rings. The van der Waals surface area contributed by atoms with Crippen molar-refractivity contribution in [2.24, 2.45) is 0 Å². The molecule has 0 aromatic heterocycles. The molecule has 44 heavy (non-hydrogen) atoms. The van der Waals surface area contributed by atoms with Crippen molar-refractivity contribution >= 4 is 11.9 Å². The van der Waals surface area contributed by atoms with E-state index in [0.29, 0.717) is 13.8 Å². The maximum Gasteiger partial charge on any atom is 0.385 e. The Labute approximate surface area is 230 Å². The van der Waals surface area contributed by atoms with Crippen LogP contribution in [0.1, 0.15) is 13.8 Å². The summed E-state index contributed by atoms with van der Waals surface area (Å²) in [6.45, 7) is -0.453. The van der Waals surface area contributed by atoms with E-state index in [1.54, 1.807) is 0 Å². The summed E-state index contributed by atoms with van der Waals surface area (Å²) >= 11 is 0. The maximum atomic E-state index is 13.9. The van der Waals surface area contributed by atoms with Gasteiger partial charge in [-0.25, -0.2) is 9.59 Å². The average molecular weight is 698 g/mol. The Kier molecular flexibility index (Phi) is 10.7. The molecule has 0 unspecified atom stereocenters. The molecular formula is C20H14F20O4. The lowest BCUT2D eigenvalue weighted by Gasteiger charge is -2.45. The van der Waals surface area contributed by atoms with Crippen LogP contribution in [0.25, 0.3) is 0 Å². The van der Waals surface area contributed by atoms with Gasteiger partial charge in [-0.05, 0) is 13.8 Å². The molecule has 24 heteroatoms. The van der Waals surface area contributed by atoms with Gasteiger partial charge in [-0.2, -0.15) is 87.8 Å². The van der Waals surface area contributed by atoms with Gasteiger partial charge in [0.2, 0.25) is 0 Å². The van der Waals surface area contributed by atoms with E-state index >= 15 is 0 Å². The quantitative estimate of drug-likeness (QED) is 0.101. The monoisotopic (exact) mass is 698 g/mol. The first-order chi connectivity index (χ1) is 18.9. The highest BCUT2D eigenvalue weighted by Gasteiger charge is 2.97. The minimum absolute atomic E-state index is 0.578. The Morgan fingerprint density at radius 1 is 0.409 bits per heavy atom.